The molecule has 3 aromatic rings. The van der Waals surface area contributed by atoms with Crippen LogP contribution in [0.25, 0.3) is 0 Å². The molecular weight excluding hydrogens is 359 g/mol. The molecule has 0 saturated carbocycles. The number of halogens is 1. The highest BCUT2D eigenvalue weighted by Crippen LogP contribution is 2.21. The molecule has 0 atom stereocenters. The Morgan fingerprint density at radius 2 is 1.54 bits per heavy atom. The minimum absolute atomic E-state index is 0.277. The van der Waals surface area contributed by atoms with Crippen molar-refractivity contribution in [2.75, 3.05) is 11.5 Å². The van der Waals surface area contributed by atoms with Crippen LogP contribution >= 0.6 is 0 Å². The largest absolute Gasteiger partial charge is 0.462 e. The molecule has 0 unspecified atom stereocenters. The molecule has 3 rings (SSSR count). The molecule has 2 aromatic carbocycles. The molecular formula is C22H19FN2O3. The van der Waals surface area contributed by atoms with Crippen molar-refractivity contribution >= 4 is 17.6 Å². The first-order valence-corrected chi connectivity index (χ1v) is 8.82. The minimum Gasteiger partial charge on any atom is -0.462 e. The monoisotopic (exact) mass is 378 g/mol. The maximum atomic E-state index is 13.2. The van der Waals surface area contributed by atoms with Crippen molar-refractivity contribution < 1.29 is 18.7 Å². The number of esters is 1. The van der Waals surface area contributed by atoms with Gasteiger partial charge in [0.25, 0.3) is 5.91 Å². The van der Waals surface area contributed by atoms with E-state index in [-0.39, 0.29) is 12.5 Å². The summed E-state index contributed by atoms with van der Waals surface area (Å²) in [7, 11) is 0. The molecule has 1 amide bonds. The molecule has 0 aliphatic heterocycles. The number of amides is 1. The van der Waals surface area contributed by atoms with E-state index in [2.05, 4.69) is 4.98 Å². The second-order valence-electron chi connectivity index (χ2n) is 6.02. The van der Waals surface area contributed by atoms with Gasteiger partial charge in [-0.25, -0.2) is 9.18 Å². The van der Waals surface area contributed by atoms with Crippen molar-refractivity contribution in [3.05, 3.63) is 95.6 Å². The molecule has 0 aliphatic rings. The van der Waals surface area contributed by atoms with Crippen molar-refractivity contribution in [3.63, 3.8) is 0 Å². The van der Waals surface area contributed by atoms with Gasteiger partial charge in [-0.05, 0) is 73.2 Å². The maximum Gasteiger partial charge on any atom is 0.338 e. The van der Waals surface area contributed by atoms with Gasteiger partial charge in [0.2, 0.25) is 0 Å². The molecule has 0 spiro atoms. The Kier molecular flexibility index (Phi) is 6.11. The fourth-order valence-corrected chi connectivity index (χ4v) is 2.69. The lowest BCUT2D eigenvalue weighted by Gasteiger charge is -2.23. The standard InChI is InChI=1S/C22H19FN2O3/c1-2-28-22(27)18-5-9-20(10-6-18)25(15-16-11-13-24-14-12-16)21(26)17-3-7-19(23)8-4-17/h3-14H,2,15H2,1H3. The summed E-state index contributed by atoms with van der Waals surface area (Å²) in [5.41, 5.74) is 2.27. The lowest BCUT2D eigenvalue weighted by atomic mass is 10.1. The fraction of sp³-hybridized carbons (Fsp3) is 0.136. The molecule has 6 heteroatoms. The summed E-state index contributed by atoms with van der Waals surface area (Å²) in [4.78, 5) is 30.5. The topological polar surface area (TPSA) is 59.5 Å². The van der Waals surface area contributed by atoms with E-state index >= 15 is 0 Å². The Bertz CT molecular complexity index is 942. The molecule has 1 aromatic heterocycles. The highest BCUT2D eigenvalue weighted by atomic mass is 19.1. The molecule has 0 N–H and O–H groups in total. The zero-order valence-electron chi connectivity index (χ0n) is 15.3. The summed E-state index contributed by atoms with van der Waals surface area (Å²) in [6.07, 6.45) is 3.31. The third-order valence-corrected chi connectivity index (χ3v) is 4.12. The van der Waals surface area contributed by atoms with Crippen LogP contribution in [0.3, 0.4) is 0 Å². The zero-order chi connectivity index (χ0) is 19.9. The van der Waals surface area contributed by atoms with Gasteiger partial charge in [-0.2, -0.15) is 0 Å². The van der Waals surface area contributed by atoms with E-state index in [4.69, 9.17) is 4.74 Å². The zero-order valence-corrected chi connectivity index (χ0v) is 15.3. The number of rotatable bonds is 6. The highest BCUT2D eigenvalue weighted by Gasteiger charge is 2.19. The van der Waals surface area contributed by atoms with Gasteiger partial charge in [-0.1, -0.05) is 0 Å². The van der Waals surface area contributed by atoms with E-state index in [0.717, 1.165) is 5.56 Å². The number of carbonyl (C=O) groups is 2. The average molecular weight is 378 g/mol. The first kappa shape index (κ1) is 19.2. The molecule has 0 bridgehead atoms. The number of ether oxygens (including phenoxy) is 1. The summed E-state index contributed by atoms with van der Waals surface area (Å²) in [6, 6.07) is 15.6. The van der Waals surface area contributed by atoms with E-state index in [1.54, 1.807) is 48.5 Å². The fourth-order valence-electron chi connectivity index (χ4n) is 2.69. The van der Waals surface area contributed by atoms with Crippen LogP contribution in [-0.2, 0) is 11.3 Å². The minimum atomic E-state index is -0.417. The smallest absolute Gasteiger partial charge is 0.338 e. The molecule has 1 heterocycles. The highest BCUT2D eigenvalue weighted by molar-refractivity contribution is 6.06. The third-order valence-electron chi connectivity index (χ3n) is 4.12. The quantitative estimate of drug-likeness (QED) is 0.602. The van der Waals surface area contributed by atoms with Crippen LogP contribution in [0.4, 0.5) is 10.1 Å². The number of anilines is 1. The SMILES string of the molecule is CCOC(=O)c1ccc(N(Cc2ccncc2)C(=O)c2ccc(F)cc2)cc1. The number of hydrogen-bond donors (Lipinski definition) is 0. The average Bonchev–Trinajstić information content (AvgIpc) is 2.73. The number of hydrogen-bond acceptors (Lipinski definition) is 4. The normalized spacial score (nSPS) is 10.4. The second-order valence-corrected chi connectivity index (χ2v) is 6.02. The van der Waals surface area contributed by atoms with Gasteiger partial charge in [-0.3, -0.25) is 9.78 Å². The number of carbonyl (C=O) groups excluding carboxylic acids is 2. The van der Waals surface area contributed by atoms with E-state index in [9.17, 15) is 14.0 Å². The molecule has 28 heavy (non-hydrogen) atoms. The maximum absolute atomic E-state index is 13.2. The number of nitrogens with zero attached hydrogens (tertiary/aromatic N) is 2. The van der Waals surface area contributed by atoms with Crippen LogP contribution in [-0.4, -0.2) is 23.5 Å². The van der Waals surface area contributed by atoms with Crippen LogP contribution in [0.15, 0.2) is 73.1 Å². The third kappa shape index (κ3) is 4.59. The summed E-state index contributed by atoms with van der Waals surface area (Å²) < 4.78 is 18.2. The molecule has 0 saturated heterocycles. The predicted octanol–water partition coefficient (Wildman–Crippen LogP) is 4.24. The first-order valence-electron chi connectivity index (χ1n) is 8.82. The molecule has 5 nitrogen and oxygen atoms in total. The van der Waals surface area contributed by atoms with Gasteiger partial charge >= 0.3 is 5.97 Å². The number of benzene rings is 2. The van der Waals surface area contributed by atoms with Gasteiger partial charge < -0.3 is 9.64 Å². The van der Waals surface area contributed by atoms with Crippen LogP contribution in [0.2, 0.25) is 0 Å². The van der Waals surface area contributed by atoms with E-state index in [0.29, 0.717) is 23.4 Å². The van der Waals surface area contributed by atoms with Crippen LogP contribution < -0.4 is 4.90 Å². The van der Waals surface area contributed by atoms with E-state index in [1.165, 1.54) is 24.3 Å². The lowest BCUT2D eigenvalue weighted by molar-refractivity contribution is 0.0526. The molecule has 0 aliphatic carbocycles. The van der Waals surface area contributed by atoms with Gasteiger partial charge in [0.05, 0.1) is 18.7 Å². The van der Waals surface area contributed by atoms with Crippen molar-refractivity contribution in [2.24, 2.45) is 0 Å². The van der Waals surface area contributed by atoms with Gasteiger partial charge in [0.15, 0.2) is 0 Å². The second kappa shape index (κ2) is 8.90. The van der Waals surface area contributed by atoms with Crippen molar-refractivity contribution in [1.29, 1.82) is 0 Å². The predicted molar refractivity (Wildman–Crippen MR) is 104 cm³/mol. The lowest BCUT2D eigenvalue weighted by Crippen LogP contribution is -2.30. The van der Waals surface area contributed by atoms with Crippen LogP contribution in [0.1, 0.15) is 33.2 Å². The Labute approximate surface area is 162 Å². The van der Waals surface area contributed by atoms with Gasteiger partial charge in [0.1, 0.15) is 5.82 Å². The van der Waals surface area contributed by atoms with Crippen molar-refractivity contribution in [2.45, 2.75) is 13.5 Å². The van der Waals surface area contributed by atoms with E-state index in [1.807, 2.05) is 12.1 Å². The Morgan fingerprint density at radius 1 is 0.929 bits per heavy atom. The van der Waals surface area contributed by atoms with Gasteiger partial charge in [-0.15, -0.1) is 0 Å². The van der Waals surface area contributed by atoms with E-state index < -0.39 is 11.8 Å². The molecule has 0 fully saturated rings. The summed E-state index contributed by atoms with van der Waals surface area (Å²) in [6.45, 7) is 2.33. The summed E-state index contributed by atoms with van der Waals surface area (Å²) >= 11 is 0. The van der Waals surface area contributed by atoms with Gasteiger partial charge in [0, 0.05) is 23.6 Å². The summed E-state index contributed by atoms with van der Waals surface area (Å²) in [5, 5.41) is 0. The first-order chi connectivity index (χ1) is 13.6. The van der Waals surface area contributed by atoms with Crippen molar-refractivity contribution in [3.8, 4) is 0 Å². The Morgan fingerprint density at radius 3 is 2.14 bits per heavy atom. The number of pyridine rings is 1. The van der Waals surface area contributed by atoms with Crippen LogP contribution in [0, 0.1) is 5.82 Å². The molecule has 142 valence electrons. The number of aromatic nitrogens is 1. The van der Waals surface area contributed by atoms with Crippen molar-refractivity contribution in [1.82, 2.24) is 4.98 Å². The Balaban J connectivity index is 1.92. The van der Waals surface area contributed by atoms with Crippen LogP contribution in [0.5, 0.6) is 0 Å². The Hall–Kier alpha value is -3.54. The molecule has 0 radical (unpaired) electrons. The summed E-state index contributed by atoms with van der Waals surface area (Å²) in [5.74, 6) is -1.10.